The Balaban J connectivity index is 1.77. The first-order valence-corrected chi connectivity index (χ1v) is 8.51. The number of hydrogen-bond acceptors (Lipinski definition) is 3. The molecule has 1 aliphatic rings. The number of nitrogens with zero attached hydrogens (tertiary/aromatic N) is 1. The summed E-state index contributed by atoms with van der Waals surface area (Å²) in [5.41, 5.74) is 6.22. The Hall–Kier alpha value is -2.88. The van der Waals surface area contributed by atoms with Crippen LogP contribution in [0.2, 0.25) is 0 Å². The van der Waals surface area contributed by atoms with E-state index in [1.807, 2.05) is 25.1 Å². The molecule has 2 aromatic carbocycles. The van der Waals surface area contributed by atoms with E-state index >= 15 is 0 Å². The van der Waals surface area contributed by atoms with Crippen molar-refractivity contribution in [1.82, 2.24) is 10.3 Å². The van der Waals surface area contributed by atoms with Gasteiger partial charge in [-0.3, -0.25) is 9.78 Å². The van der Waals surface area contributed by atoms with Gasteiger partial charge in [-0.2, -0.15) is 0 Å². The van der Waals surface area contributed by atoms with Crippen LogP contribution in [0.4, 0.5) is 0 Å². The summed E-state index contributed by atoms with van der Waals surface area (Å²) in [6.07, 6.45) is 2.58. The van der Waals surface area contributed by atoms with Crippen molar-refractivity contribution in [2.24, 2.45) is 0 Å². The van der Waals surface area contributed by atoms with Crippen LogP contribution in [0.5, 0.6) is 5.75 Å². The second-order valence-electron chi connectivity index (χ2n) is 6.47. The standard InChI is InChI=1S/C21H20N2O2/c1-13-14(2)20-18(21(24)23-8-9-25-20)12-17(13)11-15-5-6-19-16(10-15)4-3-7-22-19/h3-7,10,12H,8-9,11H2,1-2H3,(H,23,24). The number of fused-ring (bicyclic) bond motifs is 2. The van der Waals surface area contributed by atoms with E-state index in [4.69, 9.17) is 4.74 Å². The zero-order chi connectivity index (χ0) is 17.4. The number of amides is 1. The van der Waals surface area contributed by atoms with E-state index in [1.54, 1.807) is 6.20 Å². The normalized spacial score (nSPS) is 13.8. The molecule has 1 amide bonds. The van der Waals surface area contributed by atoms with Gasteiger partial charge >= 0.3 is 0 Å². The van der Waals surface area contributed by atoms with Gasteiger partial charge in [-0.05, 0) is 66.8 Å². The number of hydrogen-bond donors (Lipinski definition) is 1. The molecule has 0 saturated carbocycles. The van der Waals surface area contributed by atoms with Gasteiger partial charge in [0, 0.05) is 11.6 Å². The molecule has 2 heterocycles. The topological polar surface area (TPSA) is 51.2 Å². The van der Waals surface area contributed by atoms with E-state index in [-0.39, 0.29) is 5.91 Å². The van der Waals surface area contributed by atoms with Gasteiger partial charge in [0.1, 0.15) is 12.4 Å². The third-order valence-electron chi connectivity index (χ3n) is 4.89. The molecule has 1 N–H and O–H groups in total. The molecule has 126 valence electrons. The maximum Gasteiger partial charge on any atom is 0.255 e. The Labute approximate surface area is 146 Å². The summed E-state index contributed by atoms with van der Waals surface area (Å²) in [6, 6.07) is 12.3. The Morgan fingerprint density at radius 1 is 1.16 bits per heavy atom. The number of ether oxygens (including phenoxy) is 1. The molecule has 0 atom stereocenters. The minimum atomic E-state index is -0.0560. The number of nitrogens with one attached hydrogen (secondary N) is 1. The Kier molecular flexibility index (Phi) is 3.88. The average molecular weight is 332 g/mol. The van der Waals surface area contributed by atoms with Crippen LogP contribution in [0.25, 0.3) is 10.9 Å². The van der Waals surface area contributed by atoms with Crippen LogP contribution in [-0.2, 0) is 6.42 Å². The van der Waals surface area contributed by atoms with Crippen LogP contribution < -0.4 is 10.1 Å². The molecule has 3 aromatic rings. The number of pyridine rings is 1. The van der Waals surface area contributed by atoms with Gasteiger partial charge in [0.05, 0.1) is 17.6 Å². The number of benzene rings is 2. The van der Waals surface area contributed by atoms with Crippen LogP contribution in [0.15, 0.2) is 42.6 Å². The summed E-state index contributed by atoms with van der Waals surface area (Å²) < 4.78 is 5.80. The zero-order valence-electron chi connectivity index (χ0n) is 14.4. The number of aromatic nitrogens is 1. The molecule has 0 bridgehead atoms. The summed E-state index contributed by atoms with van der Waals surface area (Å²) in [7, 11) is 0. The molecule has 1 aromatic heterocycles. The SMILES string of the molecule is Cc1c(Cc2ccc3ncccc3c2)cc2c(c1C)OCCNC2=O. The second-order valence-corrected chi connectivity index (χ2v) is 6.47. The smallest absolute Gasteiger partial charge is 0.255 e. The van der Waals surface area contributed by atoms with Crippen LogP contribution in [0, 0.1) is 13.8 Å². The van der Waals surface area contributed by atoms with E-state index in [0.717, 1.165) is 34.2 Å². The lowest BCUT2D eigenvalue weighted by atomic mass is 9.93. The first kappa shape index (κ1) is 15.6. The van der Waals surface area contributed by atoms with Crippen molar-refractivity contribution >= 4 is 16.8 Å². The predicted octanol–water partition coefficient (Wildman–Crippen LogP) is 3.56. The summed E-state index contributed by atoms with van der Waals surface area (Å²) in [4.78, 5) is 16.7. The van der Waals surface area contributed by atoms with Gasteiger partial charge in [0.2, 0.25) is 0 Å². The van der Waals surface area contributed by atoms with Gasteiger partial charge in [-0.25, -0.2) is 0 Å². The Morgan fingerprint density at radius 3 is 2.92 bits per heavy atom. The predicted molar refractivity (Wildman–Crippen MR) is 98.3 cm³/mol. The third kappa shape index (κ3) is 2.84. The molecular weight excluding hydrogens is 312 g/mol. The molecule has 0 saturated heterocycles. The number of rotatable bonds is 2. The van der Waals surface area contributed by atoms with E-state index in [2.05, 4.69) is 35.4 Å². The minimum absolute atomic E-state index is 0.0560. The quantitative estimate of drug-likeness (QED) is 0.780. The van der Waals surface area contributed by atoms with Crippen molar-refractivity contribution in [2.75, 3.05) is 13.2 Å². The molecule has 0 aliphatic carbocycles. The van der Waals surface area contributed by atoms with Gasteiger partial charge < -0.3 is 10.1 Å². The van der Waals surface area contributed by atoms with E-state index in [1.165, 1.54) is 11.1 Å². The number of carbonyl (C=O) groups excluding carboxylic acids is 1. The average Bonchev–Trinajstić information content (AvgIpc) is 2.81. The van der Waals surface area contributed by atoms with E-state index < -0.39 is 0 Å². The fourth-order valence-corrected chi connectivity index (χ4v) is 3.37. The third-order valence-corrected chi connectivity index (χ3v) is 4.89. The molecule has 4 rings (SSSR count). The lowest BCUT2D eigenvalue weighted by molar-refractivity contribution is 0.0957. The summed E-state index contributed by atoms with van der Waals surface area (Å²) in [5.74, 6) is 0.665. The largest absolute Gasteiger partial charge is 0.491 e. The molecular formula is C21H20N2O2. The van der Waals surface area contributed by atoms with Gasteiger partial charge in [0.15, 0.2) is 0 Å². The van der Waals surface area contributed by atoms with Crippen LogP contribution >= 0.6 is 0 Å². The second kappa shape index (κ2) is 6.20. The van der Waals surface area contributed by atoms with Crippen LogP contribution in [-0.4, -0.2) is 24.0 Å². The van der Waals surface area contributed by atoms with Gasteiger partial charge in [0.25, 0.3) is 5.91 Å². The van der Waals surface area contributed by atoms with Crippen molar-refractivity contribution in [3.8, 4) is 5.75 Å². The highest BCUT2D eigenvalue weighted by molar-refractivity contribution is 5.98. The van der Waals surface area contributed by atoms with E-state index in [0.29, 0.717) is 18.7 Å². The molecule has 0 radical (unpaired) electrons. The van der Waals surface area contributed by atoms with Gasteiger partial charge in [-0.15, -0.1) is 0 Å². The lowest BCUT2D eigenvalue weighted by Gasteiger charge is -2.16. The van der Waals surface area contributed by atoms with Crippen LogP contribution in [0.1, 0.15) is 32.6 Å². The molecule has 0 unspecified atom stereocenters. The molecule has 0 spiro atoms. The Morgan fingerprint density at radius 2 is 2.04 bits per heavy atom. The highest BCUT2D eigenvalue weighted by Crippen LogP contribution is 2.31. The summed E-state index contributed by atoms with van der Waals surface area (Å²) >= 11 is 0. The van der Waals surface area contributed by atoms with Crippen molar-refractivity contribution in [3.63, 3.8) is 0 Å². The molecule has 25 heavy (non-hydrogen) atoms. The maximum atomic E-state index is 12.3. The lowest BCUT2D eigenvalue weighted by Crippen LogP contribution is -2.24. The fraction of sp³-hybridized carbons (Fsp3) is 0.238. The van der Waals surface area contributed by atoms with Crippen molar-refractivity contribution in [2.45, 2.75) is 20.3 Å². The highest BCUT2D eigenvalue weighted by Gasteiger charge is 2.21. The van der Waals surface area contributed by atoms with Crippen molar-refractivity contribution in [1.29, 1.82) is 0 Å². The Bertz CT molecular complexity index is 979. The van der Waals surface area contributed by atoms with Crippen molar-refractivity contribution < 1.29 is 9.53 Å². The summed E-state index contributed by atoms with van der Waals surface area (Å²) in [5, 5.41) is 4.02. The minimum Gasteiger partial charge on any atom is -0.491 e. The molecule has 0 fully saturated rings. The number of carbonyl (C=O) groups is 1. The fourth-order valence-electron chi connectivity index (χ4n) is 3.37. The monoisotopic (exact) mass is 332 g/mol. The first-order valence-electron chi connectivity index (χ1n) is 8.51. The summed E-state index contributed by atoms with van der Waals surface area (Å²) in [6.45, 7) is 5.18. The maximum absolute atomic E-state index is 12.3. The molecule has 4 heteroatoms. The van der Waals surface area contributed by atoms with Crippen LogP contribution in [0.3, 0.4) is 0 Å². The van der Waals surface area contributed by atoms with E-state index in [9.17, 15) is 4.79 Å². The molecule has 4 nitrogen and oxygen atoms in total. The zero-order valence-corrected chi connectivity index (χ0v) is 14.4. The van der Waals surface area contributed by atoms with Crippen molar-refractivity contribution in [3.05, 3.63) is 70.4 Å². The van der Waals surface area contributed by atoms with Gasteiger partial charge in [-0.1, -0.05) is 12.1 Å². The highest BCUT2D eigenvalue weighted by atomic mass is 16.5. The first-order chi connectivity index (χ1) is 12.1. The molecule has 1 aliphatic heterocycles.